The number of halogens is 1. The molecule has 2 N–H and O–H groups in total. The second-order valence-electron chi connectivity index (χ2n) is 9.80. The maximum atomic E-state index is 14.5. The summed E-state index contributed by atoms with van der Waals surface area (Å²) in [6.45, 7) is 0. The molecule has 1 aliphatic carbocycles. The molecule has 0 spiro atoms. The number of aromatic nitrogens is 1. The minimum atomic E-state index is -1.01. The topological polar surface area (TPSA) is 74.4 Å². The van der Waals surface area contributed by atoms with Crippen LogP contribution in [0.4, 0.5) is 10.1 Å². The summed E-state index contributed by atoms with van der Waals surface area (Å²) in [7, 11) is 1.56. The van der Waals surface area contributed by atoms with Gasteiger partial charge in [-0.3, -0.25) is 14.5 Å². The summed E-state index contributed by atoms with van der Waals surface area (Å²) in [4.78, 5) is 32.7. The number of nitrogens with zero attached hydrogens (tertiary/aromatic N) is 1. The Kier molecular flexibility index (Phi) is 7.73. The fourth-order valence-electron chi connectivity index (χ4n) is 5.35. The third-order valence-corrected chi connectivity index (χ3v) is 7.24. The number of rotatable bonds is 8. The molecule has 1 fully saturated rings. The van der Waals surface area contributed by atoms with Crippen LogP contribution in [-0.2, 0) is 16.0 Å². The molecular formula is C31H32FN3O3. The van der Waals surface area contributed by atoms with Gasteiger partial charge in [0.1, 0.15) is 17.6 Å². The first-order chi connectivity index (χ1) is 18.5. The van der Waals surface area contributed by atoms with E-state index >= 15 is 0 Å². The van der Waals surface area contributed by atoms with Crippen molar-refractivity contribution in [3.63, 3.8) is 0 Å². The number of ether oxygens (including phenoxy) is 1. The summed E-state index contributed by atoms with van der Waals surface area (Å²) in [5, 5.41) is 4.12. The highest BCUT2D eigenvalue weighted by Gasteiger charge is 2.34. The lowest BCUT2D eigenvalue weighted by Crippen LogP contribution is -2.47. The Morgan fingerprint density at radius 2 is 1.82 bits per heavy atom. The Hall–Kier alpha value is -4.13. The summed E-state index contributed by atoms with van der Waals surface area (Å²) < 4.78 is 19.9. The highest BCUT2D eigenvalue weighted by Crippen LogP contribution is 2.32. The van der Waals surface area contributed by atoms with E-state index in [1.807, 2.05) is 30.5 Å². The summed E-state index contributed by atoms with van der Waals surface area (Å²) >= 11 is 0. The average molecular weight is 514 g/mol. The van der Waals surface area contributed by atoms with E-state index in [9.17, 15) is 14.0 Å². The predicted octanol–water partition coefficient (Wildman–Crippen LogP) is 6.08. The maximum Gasteiger partial charge on any atom is 0.248 e. The van der Waals surface area contributed by atoms with Crippen molar-refractivity contribution in [2.24, 2.45) is 0 Å². The van der Waals surface area contributed by atoms with Crippen molar-refractivity contribution in [1.29, 1.82) is 0 Å². The number of anilines is 1. The number of fused-ring (bicyclic) bond motifs is 1. The number of carbonyl (C=O) groups excluding carboxylic acids is 2. The molecule has 3 aromatic carbocycles. The van der Waals surface area contributed by atoms with Crippen LogP contribution in [0.1, 0.15) is 49.3 Å². The largest absolute Gasteiger partial charge is 0.497 e. The van der Waals surface area contributed by atoms with Gasteiger partial charge < -0.3 is 15.0 Å². The van der Waals surface area contributed by atoms with Crippen molar-refractivity contribution in [2.75, 3.05) is 12.0 Å². The van der Waals surface area contributed by atoms with Gasteiger partial charge in [-0.2, -0.15) is 0 Å². The fourth-order valence-corrected chi connectivity index (χ4v) is 5.35. The van der Waals surface area contributed by atoms with Crippen molar-refractivity contribution >= 4 is 28.4 Å². The van der Waals surface area contributed by atoms with Gasteiger partial charge in [-0.15, -0.1) is 0 Å². The van der Waals surface area contributed by atoms with Gasteiger partial charge in [-0.25, -0.2) is 4.39 Å². The molecule has 5 rings (SSSR count). The third-order valence-electron chi connectivity index (χ3n) is 7.24. The monoisotopic (exact) mass is 513 g/mol. The first kappa shape index (κ1) is 25.5. The molecule has 6 nitrogen and oxygen atoms in total. The lowest BCUT2D eigenvalue weighted by atomic mass is 9.94. The molecule has 1 atom stereocenters. The number of nitrogens with one attached hydrogen (secondary N) is 2. The average Bonchev–Trinajstić information content (AvgIpc) is 3.34. The molecule has 0 aliphatic heterocycles. The zero-order chi connectivity index (χ0) is 26.5. The van der Waals surface area contributed by atoms with E-state index in [0.29, 0.717) is 17.0 Å². The molecule has 1 aliphatic rings. The van der Waals surface area contributed by atoms with Gasteiger partial charge in [0.25, 0.3) is 0 Å². The first-order valence-corrected chi connectivity index (χ1v) is 13.1. The molecule has 196 valence electrons. The van der Waals surface area contributed by atoms with Crippen LogP contribution in [0, 0.1) is 5.82 Å². The molecule has 1 saturated carbocycles. The van der Waals surface area contributed by atoms with Gasteiger partial charge in [-0.05, 0) is 60.4 Å². The normalized spacial score (nSPS) is 14.7. The first-order valence-electron chi connectivity index (χ1n) is 13.1. The van der Waals surface area contributed by atoms with Crippen LogP contribution in [0.25, 0.3) is 10.9 Å². The lowest BCUT2D eigenvalue weighted by molar-refractivity contribution is -0.127. The van der Waals surface area contributed by atoms with E-state index in [0.717, 1.165) is 48.6 Å². The highest BCUT2D eigenvalue weighted by atomic mass is 19.1. The molecule has 0 bridgehead atoms. The van der Waals surface area contributed by atoms with Crippen LogP contribution in [0.5, 0.6) is 5.75 Å². The fraction of sp³-hybridized carbons (Fsp3) is 0.290. The summed E-state index contributed by atoms with van der Waals surface area (Å²) in [5.41, 5.74) is 2.65. The smallest absolute Gasteiger partial charge is 0.248 e. The Morgan fingerprint density at radius 3 is 2.61 bits per heavy atom. The molecule has 0 saturated heterocycles. The number of benzene rings is 3. The number of amides is 2. The van der Waals surface area contributed by atoms with Crippen LogP contribution < -0.4 is 15.0 Å². The number of aromatic amines is 1. The van der Waals surface area contributed by atoms with E-state index in [2.05, 4.69) is 10.3 Å². The van der Waals surface area contributed by atoms with Crippen molar-refractivity contribution < 1.29 is 18.7 Å². The predicted molar refractivity (Wildman–Crippen MR) is 147 cm³/mol. The number of H-pyrrole nitrogens is 1. The van der Waals surface area contributed by atoms with Crippen LogP contribution in [-0.4, -0.2) is 29.9 Å². The van der Waals surface area contributed by atoms with E-state index in [4.69, 9.17) is 4.74 Å². The van der Waals surface area contributed by atoms with E-state index in [-0.39, 0.29) is 24.3 Å². The number of hydrogen-bond acceptors (Lipinski definition) is 3. The SMILES string of the molecule is COc1cccc(C(C(=O)NC2CCCCC2)N(C(=O)Cc2c[nH]c3ccccc23)c2cccc(F)c2)c1. The van der Waals surface area contributed by atoms with Crippen LogP contribution >= 0.6 is 0 Å². The standard InChI is InChI=1S/C31H32FN3O3/c1-38-26-14-7-9-21(17-26)30(31(37)34-24-11-3-2-4-12-24)35(25-13-8-10-23(32)19-25)29(36)18-22-20-33-28-16-6-5-15-27(22)28/h5-10,13-17,19-20,24,30,33H,2-4,11-12,18H2,1H3,(H,34,37). The summed E-state index contributed by atoms with van der Waals surface area (Å²) in [6.07, 6.45) is 6.93. The Morgan fingerprint density at radius 1 is 1.03 bits per heavy atom. The number of hydrogen-bond donors (Lipinski definition) is 2. The van der Waals surface area contributed by atoms with Crippen LogP contribution in [0.15, 0.2) is 79.0 Å². The van der Waals surface area contributed by atoms with Crippen molar-refractivity contribution in [3.05, 3.63) is 95.9 Å². The molecule has 2 amide bonds. The Bertz CT molecular complexity index is 1430. The second kappa shape index (κ2) is 11.5. The molecule has 7 heteroatoms. The Balaban J connectivity index is 1.57. The van der Waals surface area contributed by atoms with Gasteiger partial charge >= 0.3 is 0 Å². The van der Waals surface area contributed by atoms with Crippen LogP contribution in [0.2, 0.25) is 0 Å². The molecule has 4 aromatic rings. The summed E-state index contributed by atoms with van der Waals surface area (Å²) in [6, 6.07) is 19.8. The lowest BCUT2D eigenvalue weighted by Gasteiger charge is -2.33. The minimum absolute atomic E-state index is 0.0394. The number of para-hydroxylation sites is 1. The van der Waals surface area contributed by atoms with E-state index in [1.54, 1.807) is 43.5 Å². The van der Waals surface area contributed by atoms with E-state index in [1.165, 1.54) is 17.0 Å². The van der Waals surface area contributed by atoms with Crippen LogP contribution in [0.3, 0.4) is 0 Å². The van der Waals surface area contributed by atoms with Crippen molar-refractivity contribution in [1.82, 2.24) is 10.3 Å². The highest BCUT2D eigenvalue weighted by molar-refractivity contribution is 6.03. The molecule has 38 heavy (non-hydrogen) atoms. The molecule has 1 heterocycles. The van der Waals surface area contributed by atoms with Crippen molar-refractivity contribution in [2.45, 2.75) is 50.6 Å². The Labute approximate surface area is 221 Å². The minimum Gasteiger partial charge on any atom is -0.497 e. The quantitative estimate of drug-likeness (QED) is 0.300. The van der Waals surface area contributed by atoms with Crippen molar-refractivity contribution in [3.8, 4) is 5.75 Å². The zero-order valence-electron chi connectivity index (χ0n) is 21.5. The maximum absolute atomic E-state index is 14.5. The summed E-state index contributed by atoms with van der Waals surface area (Å²) in [5.74, 6) is -0.514. The molecule has 1 unspecified atom stereocenters. The van der Waals surface area contributed by atoms with Gasteiger partial charge in [0.15, 0.2) is 0 Å². The third kappa shape index (κ3) is 5.57. The number of methoxy groups -OCH3 is 1. The molecule has 0 radical (unpaired) electrons. The van der Waals surface area contributed by atoms with Gasteiger partial charge in [-0.1, -0.05) is 55.7 Å². The molecular weight excluding hydrogens is 481 g/mol. The van der Waals surface area contributed by atoms with Gasteiger partial charge in [0.2, 0.25) is 11.8 Å². The zero-order valence-corrected chi connectivity index (χ0v) is 21.5. The van der Waals surface area contributed by atoms with Gasteiger partial charge in [0, 0.05) is 28.8 Å². The van der Waals surface area contributed by atoms with Gasteiger partial charge in [0.05, 0.1) is 13.5 Å². The second-order valence-corrected chi connectivity index (χ2v) is 9.80. The van der Waals surface area contributed by atoms with E-state index < -0.39 is 11.9 Å². The number of carbonyl (C=O) groups is 2. The molecule has 1 aromatic heterocycles.